The van der Waals surface area contributed by atoms with Crippen LogP contribution in [0.25, 0.3) is 0 Å². The second kappa shape index (κ2) is 6.28. The van der Waals surface area contributed by atoms with Gasteiger partial charge in [-0.15, -0.1) is 0 Å². The summed E-state index contributed by atoms with van der Waals surface area (Å²) in [6, 6.07) is 11.7. The molecule has 0 aliphatic rings. The third-order valence-corrected chi connectivity index (χ3v) is 3.39. The van der Waals surface area contributed by atoms with Crippen molar-refractivity contribution in [1.29, 1.82) is 0 Å². The van der Waals surface area contributed by atoms with Gasteiger partial charge in [-0.3, -0.25) is 4.79 Å². The minimum Gasteiger partial charge on any atom is -0.409 e. The highest BCUT2D eigenvalue weighted by molar-refractivity contribution is 6.31. The van der Waals surface area contributed by atoms with E-state index in [4.69, 9.17) is 22.5 Å². The van der Waals surface area contributed by atoms with Gasteiger partial charge in [-0.1, -0.05) is 35.0 Å². The Morgan fingerprint density at radius 2 is 1.81 bits per heavy atom. The van der Waals surface area contributed by atoms with E-state index >= 15 is 0 Å². The molecule has 0 heterocycles. The first-order valence-corrected chi connectivity index (χ1v) is 6.54. The molecule has 0 spiro atoms. The van der Waals surface area contributed by atoms with Crippen LogP contribution < -0.4 is 11.1 Å². The number of nitrogens with two attached hydrogens (primary N) is 1. The molecule has 0 fully saturated rings. The molecule has 0 aromatic heterocycles. The number of anilines is 1. The summed E-state index contributed by atoms with van der Waals surface area (Å²) >= 11 is 6.01. The van der Waals surface area contributed by atoms with E-state index in [1.165, 1.54) is 0 Å². The molecule has 0 radical (unpaired) electrons. The average molecular weight is 304 g/mol. The van der Waals surface area contributed by atoms with Crippen molar-refractivity contribution in [3.05, 3.63) is 64.2 Å². The highest BCUT2D eigenvalue weighted by Crippen LogP contribution is 2.20. The second-order valence-electron chi connectivity index (χ2n) is 4.48. The minimum atomic E-state index is -0.263. The van der Waals surface area contributed by atoms with Crippen LogP contribution in [-0.2, 0) is 0 Å². The topological polar surface area (TPSA) is 87.7 Å². The molecule has 0 saturated carbocycles. The number of nitrogens with one attached hydrogen (secondary N) is 1. The number of hydrogen-bond donors (Lipinski definition) is 3. The zero-order chi connectivity index (χ0) is 15.4. The highest BCUT2D eigenvalue weighted by Gasteiger charge is 2.08. The van der Waals surface area contributed by atoms with Crippen LogP contribution >= 0.6 is 11.6 Å². The number of amides is 1. The van der Waals surface area contributed by atoms with Crippen molar-refractivity contribution in [2.45, 2.75) is 6.92 Å². The Hall–Kier alpha value is -2.53. The van der Waals surface area contributed by atoms with Crippen molar-refractivity contribution in [3.63, 3.8) is 0 Å². The van der Waals surface area contributed by atoms with Crippen LogP contribution in [0.3, 0.4) is 0 Å². The molecule has 5 nitrogen and oxygen atoms in total. The number of carbonyl (C=O) groups excluding carboxylic acids is 1. The summed E-state index contributed by atoms with van der Waals surface area (Å²) in [5, 5.41) is 14.8. The van der Waals surface area contributed by atoms with Crippen LogP contribution in [0.5, 0.6) is 0 Å². The molecule has 0 aliphatic heterocycles. The van der Waals surface area contributed by atoms with E-state index in [0.717, 1.165) is 5.56 Å². The molecule has 1 amide bonds. The molecule has 0 bridgehead atoms. The molecule has 6 heteroatoms. The fourth-order valence-electron chi connectivity index (χ4n) is 1.72. The van der Waals surface area contributed by atoms with Crippen molar-refractivity contribution in [3.8, 4) is 0 Å². The summed E-state index contributed by atoms with van der Waals surface area (Å²) < 4.78 is 0. The summed E-state index contributed by atoms with van der Waals surface area (Å²) in [5.41, 5.74) is 8.02. The fraction of sp³-hybridized carbons (Fsp3) is 0.0667. The maximum atomic E-state index is 12.1. The van der Waals surface area contributed by atoms with Crippen LogP contribution in [0.4, 0.5) is 5.69 Å². The SMILES string of the molecule is Cc1ccc(NC(=O)c2ccc(/C(N)=N/O)cc2)cc1Cl. The van der Waals surface area contributed by atoms with E-state index in [1.54, 1.807) is 36.4 Å². The van der Waals surface area contributed by atoms with Gasteiger partial charge >= 0.3 is 0 Å². The molecule has 108 valence electrons. The number of amidine groups is 1. The number of halogens is 1. The summed E-state index contributed by atoms with van der Waals surface area (Å²) in [6.45, 7) is 1.89. The number of rotatable bonds is 3. The third kappa shape index (κ3) is 3.52. The molecule has 21 heavy (non-hydrogen) atoms. The largest absolute Gasteiger partial charge is 0.409 e. The van der Waals surface area contributed by atoms with Gasteiger partial charge in [0.05, 0.1) is 0 Å². The Bertz CT molecular complexity index is 697. The minimum absolute atomic E-state index is 0.00715. The van der Waals surface area contributed by atoms with Gasteiger partial charge in [0.25, 0.3) is 5.91 Å². The Balaban J connectivity index is 2.14. The monoisotopic (exact) mass is 303 g/mol. The van der Waals surface area contributed by atoms with E-state index in [2.05, 4.69) is 10.5 Å². The third-order valence-electron chi connectivity index (χ3n) is 2.98. The highest BCUT2D eigenvalue weighted by atomic mass is 35.5. The first kappa shape index (κ1) is 14.9. The second-order valence-corrected chi connectivity index (χ2v) is 4.89. The maximum absolute atomic E-state index is 12.1. The fourth-order valence-corrected chi connectivity index (χ4v) is 1.90. The lowest BCUT2D eigenvalue weighted by Crippen LogP contribution is -2.15. The van der Waals surface area contributed by atoms with Gasteiger partial charge in [-0.05, 0) is 36.8 Å². The molecule has 0 unspecified atom stereocenters. The summed E-state index contributed by atoms with van der Waals surface area (Å²) in [4.78, 5) is 12.1. The number of aryl methyl sites for hydroxylation is 1. The number of oxime groups is 1. The van der Waals surface area contributed by atoms with Gasteiger partial charge in [-0.2, -0.15) is 0 Å². The smallest absolute Gasteiger partial charge is 0.255 e. The van der Waals surface area contributed by atoms with Crippen molar-refractivity contribution < 1.29 is 10.0 Å². The summed E-state index contributed by atoms with van der Waals surface area (Å²) in [5.74, 6) is -0.270. The van der Waals surface area contributed by atoms with Crippen LogP contribution in [0, 0.1) is 6.92 Å². The molecule has 0 atom stereocenters. The normalized spacial score (nSPS) is 11.2. The summed E-state index contributed by atoms with van der Waals surface area (Å²) in [6.07, 6.45) is 0. The van der Waals surface area contributed by atoms with Gasteiger partial charge < -0.3 is 16.3 Å². The van der Waals surface area contributed by atoms with E-state index in [0.29, 0.717) is 21.8 Å². The van der Waals surface area contributed by atoms with Gasteiger partial charge in [0.15, 0.2) is 5.84 Å². The summed E-state index contributed by atoms with van der Waals surface area (Å²) in [7, 11) is 0. The Labute approximate surface area is 127 Å². The molecule has 0 saturated heterocycles. The van der Waals surface area contributed by atoms with Crippen LogP contribution in [0.1, 0.15) is 21.5 Å². The average Bonchev–Trinajstić information content (AvgIpc) is 2.50. The number of benzene rings is 2. The van der Waals surface area contributed by atoms with Crippen molar-refractivity contribution >= 4 is 29.0 Å². The molecule has 0 aliphatic carbocycles. The number of hydrogen-bond acceptors (Lipinski definition) is 3. The Morgan fingerprint density at radius 1 is 1.19 bits per heavy atom. The zero-order valence-corrected chi connectivity index (χ0v) is 12.1. The molecule has 2 aromatic carbocycles. The predicted molar refractivity (Wildman–Crippen MR) is 83.1 cm³/mol. The molecular formula is C15H14ClN3O2. The first-order chi connectivity index (χ1) is 10.0. The van der Waals surface area contributed by atoms with Crippen molar-refractivity contribution in [2.24, 2.45) is 10.9 Å². The Morgan fingerprint density at radius 3 is 2.38 bits per heavy atom. The molecule has 2 aromatic rings. The Kier molecular flexibility index (Phi) is 4.45. The standard InChI is InChI=1S/C15H14ClN3O2/c1-9-2-7-12(8-13(9)16)18-15(20)11-5-3-10(4-6-11)14(17)19-21/h2-8,21H,1H3,(H2,17,19)(H,18,20). The van der Waals surface area contributed by atoms with E-state index < -0.39 is 0 Å². The lowest BCUT2D eigenvalue weighted by atomic mass is 10.1. The quantitative estimate of drug-likeness (QED) is 0.352. The maximum Gasteiger partial charge on any atom is 0.255 e. The van der Waals surface area contributed by atoms with Gasteiger partial charge in [0.2, 0.25) is 0 Å². The van der Waals surface area contributed by atoms with Crippen LogP contribution in [0.2, 0.25) is 5.02 Å². The van der Waals surface area contributed by atoms with E-state index in [1.807, 2.05) is 13.0 Å². The number of carbonyl (C=O) groups is 1. The van der Waals surface area contributed by atoms with Crippen LogP contribution in [-0.4, -0.2) is 17.0 Å². The zero-order valence-electron chi connectivity index (χ0n) is 11.3. The number of nitrogens with zero attached hydrogens (tertiary/aromatic N) is 1. The molecule has 2 rings (SSSR count). The lowest BCUT2D eigenvalue weighted by molar-refractivity contribution is 0.102. The van der Waals surface area contributed by atoms with Gasteiger partial charge in [0, 0.05) is 21.8 Å². The van der Waals surface area contributed by atoms with Gasteiger partial charge in [0.1, 0.15) is 0 Å². The van der Waals surface area contributed by atoms with E-state index in [-0.39, 0.29) is 11.7 Å². The van der Waals surface area contributed by atoms with Gasteiger partial charge in [-0.25, -0.2) is 0 Å². The van der Waals surface area contributed by atoms with E-state index in [9.17, 15) is 4.79 Å². The molecular weight excluding hydrogens is 290 g/mol. The van der Waals surface area contributed by atoms with Crippen molar-refractivity contribution in [2.75, 3.05) is 5.32 Å². The molecule has 4 N–H and O–H groups in total. The van der Waals surface area contributed by atoms with Crippen LogP contribution in [0.15, 0.2) is 47.6 Å². The predicted octanol–water partition coefficient (Wildman–Crippen LogP) is 3.00. The van der Waals surface area contributed by atoms with Crippen molar-refractivity contribution in [1.82, 2.24) is 0 Å². The lowest BCUT2D eigenvalue weighted by Gasteiger charge is -2.07. The first-order valence-electron chi connectivity index (χ1n) is 6.16.